The smallest absolute Gasteiger partial charge is 0.112 e. The Morgan fingerprint density at radius 1 is 1.14 bits per heavy atom. The number of nitrogens with zero attached hydrogens (tertiary/aromatic N) is 1. The fraction of sp³-hybridized carbons (Fsp3) is 0.389. The highest BCUT2D eigenvalue weighted by atomic mass is 32.1. The summed E-state index contributed by atoms with van der Waals surface area (Å²) in [5.41, 5.74) is 5.40. The summed E-state index contributed by atoms with van der Waals surface area (Å²) in [7, 11) is 0. The third kappa shape index (κ3) is 1.98. The molecule has 1 aromatic carbocycles. The Labute approximate surface area is 129 Å². The van der Waals surface area contributed by atoms with Crippen molar-refractivity contribution in [2.75, 3.05) is 11.9 Å². The van der Waals surface area contributed by atoms with E-state index in [9.17, 15) is 5.26 Å². The van der Waals surface area contributed by atoms with Gasteiger partial charge in [-0.15, -0.1) is 11.3 Å². The van der Waals surface area contributed by atoms with Crippen LogP contribution in [0.5, 0.6) is 0 Å². The fourth-order valence-electron chi connectivity index (χ4n) is 3.96. The maximum atomic E-state index is 9.25. The quantitative estimate of drug-likeness (QED) is 0.810. The lowest BCUT2D eigenvalue weighted by atomic mass is 9.70. The molecule has 106 valence electrons. The lowest BCUT2D eigenvalue weighted by Crippen LogP contribution is -2.30. The van der Waals surface area contributed by atoms with Crippen LogP contribution in [0.25, 0.3) is 11.1 Å². The molecule has 0 unspecified atom stereocenters. The van der Waals surface area contributed by atoms with E-state index in [4.69, 9.17) is 0 Å². The van der Waals surface area contributed by atoms with Gasteiger partial charge in [-0.25, -0.2) is 0 Å². The van der Waals surface area contributed by atoms with Crippen LogP contribution < -0.4 is 5.32 Å². The number of benzene rings is 1. The molecule has 1 N–H and O–H groups in total. The summed E-state index contributed by atoms with van der Waals surface area (Å²) in [4.78, 5) is 0.818. The van der Waals surface area contributed by atoms with Gasteiger partial charge in [0.05, 0.1) is 0 Å². The molecule has 1 fully saturated rings. The van der Waals surface area contributed by atoms with Crippen LogP contribution in [0.4, 0.5) is 5.69 Å². The Kier molecular flexibility index (Phi) is 3.01. The highest BCUT2D eigenvalue weighted by molar-refractivity contribution is 7.11. The van der Waals surface area contributed by atoms with Gasteiger partial charge in [-0.1, -0.05) is 25.3 Å². The number of hydrogen-bond donors (Lipinski definition) is 1. The standard InChI is InChI=1S/C18H18N2S/c19-11-17-14(6-9-21-17)13-4-5-16-15(10-13)18(12-20-16)7-2-1-3-8-18/h4-6,9-10,20H,1-3,7-8,12H2. The van der Waals surface area contributed by atoms with E-state index in [0.29, 0.717) is 5.41 Å². The van der Waals surface area contributed by atoms with Crippen molar-refractivity contribution in [2.24, 2.45) is 0 Å². The van der Waals surface area contributed by atoms with Crippen molar-refractivity contribution in [3.63, 3.8) is 0 Å². The van der Waals surface area contributed by atoms with Gasteiger partial charge in [-0.05, 0) is 47.5 Å². The third-order valence-corrected chi connectivity index (χ3v) is 5.92. The van der Waals surface area contributed by atoms with E-state index >= 15 is 0 Å². The number of nitriles is 1. The zero-order valence-electron chi connectivity index (χ0n) is 12.0. The normalized spacial score (nSPS) is 19.0. The first kappa shape index (κ1) is 12.9. The Balaban J connectivity index is 1.81. The minimum absolute atomic E-state index is 0.340. The molecule has 1 aromatic heterocycles. The molecule has 3 heteroatoms. The molecule has 2 aromatic rings. The van der Waals surface area contributed by atoms with Crippen molar-refractivity contribution < 1.29 is 0 Å². The first-order valence-electron chi connectivity index (χ1n) is 7.69. The molecule has 2 nitrogen and oxygen atoms in total. The van der Waals surface area contributed by atoms with Crippen molar-refractivity contribution in [1.82, 2.24) is 0 Å². The summed E-state index contributed by atoms with van der Waals surface area (Å²) in [6.45, 7) is 1.08. The van der Waals surface area contributed by atoms with Gasteiger partial charge >= 0.3 is 0 Å². The largest absolute Gasteiger partial charge is 0.384 e. The van der Waals surface area contributed by atoms with Crippen molar-refractivity contribution in [3.8, 4) is 17.2 Å². The van der Waals surface area contributed by atoms with E-state index in [-0.39, 0.29) is 0 Å². The van der Waals surface area contributed by atoms with Gasteiger partial charge in [0.25, 0.3) is 0 Å². The predicted octanol–water partition coefficient (Wildman–Crippen LogP) is 4.91. The van der Waals surface area contributed by atoms with E-state index in [2.05, 4.69) is 35.7 Å². The number of nitrogens with one attached hydrogen (secondary N) is 1. The van der Waals surface area contributed by atoms with Gasteiger partial charge in [-0.3, -0.25) is 0 Å². The van der Waals surface area contributed by atoms with Crippen LogP contribution in [-0.4, -0.2) is 6.54 Å². The average Bonchev–Trinajstić information content (AvgIpc) is 3.14. The zero-order chi connectivity index (χ0) is 14.3. The van der Waals surface area contributed by atoms with E-state index < -0.39 is 0 Å². The van der Waals surface area contributed by atoms with E-state index in [1.165, 1.54) is 60.3 Å². The number of fused-ring (bicyclic) bond motifs is 2. The van der Waals surface area contributed by atoms with Crippen molar-refractivity contribution in [1.29, 1.82) is 5.26 Å². The second-order valence-corrected chi connectivity index (χ2v) is 7.15. The minimum atomic E-state index is 0.340. The van der Waals surface area contributed by atoms with Gasteiger partial charge in [0.2, 0.25) is 0 Å². The SMILES string of the molecule is N#Cc1sccc1-c1ccc2c(c1)C1(CCCCC1)CN2. The predicted molar refractivity (Wildman–Crippen MR) is 87.7 cm³/mol. The third-order valence-electron chi connectivity index (χ3n) is 5.10. The lowest BCUT2D eigenvalue weighted by Gasteiger charge is -2.33. The number of thiophene rings is 1. The van der Waals surface area contributed by atoms with Gasteiger partial charge in [0.1, 0.15) is 10.9 Å². The van der Waals surface area contributed by atoms with Crippen LogP contribution >= 0.6 is 11.3 Å². The molecule has 1 aliphatic heterocycles. The van der Waals surface area contributed by atoms with Crippen LogP contribution in [0.1, 0.15) is 42.5 Å². The molecule has 1 saturated carbocycles. The summed E-state index contributed by atoms with van der Waals surface area (Å²) >= 11 is 1.53. The van der Waals surface area contributed by atoms with Crippen LogP contribution in [-0.2, 0) is 5.41 Å². The van der Waals surface area contributed by atoms with Gasteiger partial charge in [0.15, 0.2) is 0 Å². The first-order chi connectivity index (χ1) is 10.3. The molecule has 0 radical (unpaired) electrons. The first-order valence-corrected chi connectivity index (χ1v) is 8.57. The molecular weight excluding hydrogens is 276 g/mol. The zero-order valence-corrected chi connectivity index (χ0v) is 12.8. The molecule has 2 heterocycles. The van der Waals surface area contributed by atoms with E-state index in [1.54, 1.807) is 0 Å². The van der Waals surface area contributed by atoms with Crippen LogP contribution in [0.15, 0.2) is 29.6 Å². The molecule has 0 saturated heterocycles. The van der Waals surface area contributed by atoms with E-state index in [0.717, 1.165) is 17.0 Å². The molecule has 21 heavy (non-hydrogen) atoms. The Bertz CT molecular complexity index is 712. The van der Waals surface area contributed by atoms with Gasteiger partial charge < -0.3 is 5.32 Å². The molecule has 0 amide bonds. The number of hydrogen-bond acceptors (Lipinski definition) is 3. The molecule has 0 atom stereocenters. The summed E-state index contributed by atoms with van der Waals surface area (Å²) in [5.74, 6) is 0. The van der Waals surface area contributed by atoms with Gasteiger partial charge in [0, 0.05) is 23.2 Å². The second kappa shape index (κ2) is 4.89. The molecule has 1 spiro atoms. The monoisotopic (exact) mass is 294 g/mol. The minimum Gasteiger partial charge on any atom is -0.384 e. The van der Waals surface area contributed by atoms with Gasteiger partial charge in [-0.2, -0.15) is 5.26 Å². The van der Waals surface area contributed by atoms with Crippen LogP contribution in [0.3, 0.4) is 0 Å². The van der Waals surface area contributed by atoms with Crippen LogP contribution in [0, 0.1) is 11.3 Å². The van der Waals surface area contributed by atoms with Crippen molar-refractivity contribution in [2.45, 2.75) is 37.5 Å². The molecule has 2 aliphatic rings. The van der Waals surface area contributed by atoms with Crippen LogP contribution in [0.2, 0.25) is 0 Å². The summed E-state index contributed by atoms with van der Waals surface area (Å²) < 4.78 is 0. The molecular formula is C18H18N2S. The highest BCUT2D eigenvalue weighted by Crippen LogP contribution is 2.47. The topological polar surface area (TPSA) is 35.8 Å². The molecule has 4 rings (SSSR count). The Morgan fingerprint density at radius 3 is 2.81 bits per heavy atom. The molecule has 1 aliphatic carbocycles. The fourth-order valence-corrected chi connectivity index (χ4v) is 4.67. The highest BCUT2D eigenvalue weighted by Gasteiger charge is 2.39. The Hall–Kier alpha value is -1.79. The maximum Gasteiger partial charge on any atom is 0.112 e. The average molecular weight is 294 g/mol. The van der Waals surface area contributed by atoms with Crippen molar-refractivity contribution >= 4 is 17.0 Å². The lowest BCUT2D eigenvalue weighted by molar-refractivity contribution is 0.319. The van der Waals surface area contributed by atoms with Crippen molar-refractivity contribution in [3.05, 3.63) is 40.1 Å². The summed E-state index contributed by atoms with van der Waals surface area (Å²) in [6.07, 6.45) is 6.65. The second-order valence-electron chi connectivity index (χ2n) is 6.23. The molecule has 0 bridgehead atoms. The maximum absolute atomic E-state index is 9.25. The Morgan fingerprint density at radius 2 is 2.00 bits per heavy atom. The summed E-state index contributed by atoms with van der Waals surface area (Å²) in [6, 6.07) is 11.1. The van der Waals surface area contributed by atoms with E-state index in [1.807, 2.05) is 5.38 Å². The summed E-state index contributed by atoms with van der Waals surface area (Å²) in [5, 5.41) is 14.9. The number of rotatable bonds is 1. The number of anilines is 1.